The van der Waals surface area contributed by atoms with Gasteiger partial charge in [-0.25, -0.2) is 8.42 Å². The van der Waals surface area contributed by atoms with E-state index >= 15 is 0 Å². The van der Waals surface area contributed by atoms with Gasteiger partial charge >= 0.3 is 0 Å². The molecule has 2 aromatic rings. The number of hydrogen-bond donors (Lipinski definition) is 2. The Labute approximate surface area is 186 Å². The highest BCUT2D eigenvalue weighted by Gasteiger charge is 2.30. The molecule has 0 saturated carbocycles. The van der Waals surface area contributed by atoms with Crippen LogP contribution >= 0.6 is 11.8 Å². The fourth-order valence-corrected chi connectivity index (χ4v) is 6.10. The Morgan fingerprint density at radius 2 is 1.87 bits per heavy atom. The van der Waals surface area contributed by atoms with Crippen molar-refractivity contribution in [1.82, 2.24) is 9.21 Å². The molecular weight excluding hydrogens is 436 g/mol. The van der Waals surface area contributed by atoms with Gasteiger partial charge in [0.25, 0.3) is 0 Å². The van der Waals surface area contributed by atoms with E-state index in [1.165, 1.54) is 28.2 Å². The first kappa shape index (κ1) is 21.8. The maximum Gasteiger partial charge on any atom is 0.243 e. The van der Waals surface area contributed by atoms with Crippen LogP contribution in [-0.4, -0.2) is 67.9 Å². The first-order valence-electron chi connectivity index (χ1n) is 9.98. The van der Waals surface area contributed by atoms with Crippen LogP contribution in [0, 0.1) is 0 Å². The predicted octanol–water partition coefficient (Wildman–Crippen LogP) is 2.06. The molecule has 31 heavy (non-hydrogen) atoms. The van der Waals surface area contributed by atoms with Crippen LogP contribution in [0.15, 0.2) is 58.3 Å². The summed E-state index contributed by atoms with van der Waals surface area (Å²) in [5, 5.41) is 5.00. The van der Waals surface area contributed by atoms with Crippen LogP contribution < -0.4 is 10.6 Å². The molecule has 0 aliphatic carbocycles. The minimum atomic E-state index is -3.63. The third-order valence-electron chi connectivity index (χ3n) is 5.30. The molecule has 0 bridgehead atoms. The number of para-hydroxylation sites is 1. The Kier molecular flexibility index (Phi) is 6.33. The van der Waals surface area contributed by atoms with Crippen LogP contribution in [0.5, 0.6) is 0 Å². The molecule has 1 fully saturated rings. The number of amides is 2. The Balaban J connectivity index is 1.42. The molecule has 1 atom stereocenters. The minimum Gasteiger partial charge on any atom is -0.326 e. The Morgan fingerprint density at radius 3 is 2.65 bits per heavy atom. The van der Waals surface area contributed by atoms with Crippen LogP contribution in [-0.2, 0) is 19.6 Å². The largest absolute Gasteiger partial charge is 0.326 e. The van der Waals surface area contributed by atoms with Crippen LogP contribution in [0.3, 0.4) is 0 Å². The molecule has 0 radical (unpaired) electrons. The smallest absolute Gasteiger partial charge is 0.243 e. The van der Waals surface area contributed by atoms with Crippen molar-refractivity contribution in [2.45, 2.75) is 21.5 Å². The second-order valence-corrected chi connectivity index (χ2v) is 10.8. The maximum absolute atomic E-state index is 12.9. The van der Waals surface area contributed by atoms with Crippen molar-refractivity contribution in [3.63, 3.8) is 0 Å². The van der Waals surface area contributed by atoms with E-state index in [2.05, 4.69) is 15.5 Å². The number of carbonyl (C=O) groups is 2. The normalized spacial score (nSPS) is 20.0. The zero-order valence-electron chi connectivity index (χ0n) is 17.1. The average Bonchev–Trinajstić information content (AvgIpc) is 2.75. The highest BCUT2D eigenvalue weighted by Crippen LogP contribution is 2.36. The number of thioether (sulfide) groups is 1. The molecule has 0 spiro atoms. The van der Waals surface area contributed by atoms with Crippen molar-refractivity contribution >= 4 is 45.0 Å². The van der Waals surface area contributed by atoms with Crippen molar-refractivity contribution in [3.05, 3.63) is 48.5 Å². The van der Waals surface area contributed by atoms with E-state index in [9.17, 15) is 18.0 Å². The number of hydrogen-bond acceptors (Lipinski definition) is 6. The number of likely N-dealkylation sites (N-methyl/N-ethyl adjacent to an activating group) is 1. The lowest BCUT2D eigenvalue weighted by Gasteiger charge is -2.31. The number of benzene rings is 2. The zero-order chi connectivity index (χ0) is 22.0. The first-order chi connectivity index (χ1) is 14.8. The molecule has 2 N–H and O–H groups in total. The molecule has 164 valence electrons. The van der Waals surface area contributed by atoms with Gasteiger partial charge in [-0.05, 0) is 37.4 Å². The number of fused-ring (bicyclic) bond motifs is 1. The molecule has 2 amide bonds. The number of nitrogens with one attached hydrogen (secondary N) is 2. The number of rotatable bonds is 5. The summed E-state index contributed by atoms with van der Waals surface area (Å²) in [5.74, 6) is -0.563. The third kappa shape index (κ3) is 4.93. The van der Waals surface area contributed by atoms with E-state index in [-0.39, 0.29) is 23.1 Å². The standard InChI is InChI=1S/C21H24N4O4S2/c1-24-9-11-25(12-10-24)31(28,29)16-6-4-5-15(13-16)22-20(26)14-19-21(27)23-17-7-2-3-8-18(17)30-19/h2-8,13,19H,9-12,14H2,1H3,(H,22,26)(H,23,27). The van der Waals surface area contributed by atoms with Crippen LogP contribution in [0.1, 0.15) is 6.42 Å². The van der Waals surface area contributed by atoms with Gasteiger partial charge in [-0.2, -0.15) is 4.31 Å². The number of carbonyl (C=O) groups excluding carboxylic acids is 2. The third-order valence-corrected chi connectivity index (χ3v) is 8.47. The van der Waals surface area contributed by atoms with Crippen LogP contribution in [0.25, 0.3) is 0 Å². The maximum atomic E-state index is 12.9. The summed E-state index contributed by atoms with van der Waals surface area (Å²) < 4.78 is 27.4. The van der Waals surface area contributed by atoms with E-state index in [1.54, 1.807) is 12.1 Å². The number of nitrogens with zero attached hydrogens (tertiary/aromatic N) is 2. The first-order valence-corrected chi connectivity index (χ1v) is 12.3. The molecule has 8 nitrogen and oxygen atoms in total. The molecule has 4 rings (SSSR count). The lowest BCUT2D eigenvalue weighted by atomic mass is 10.2. The summed E-state index contributed by atoms with van der Waals surface area (Å²) in [6.45, 7) is 2.23. The van der Waals surface area contributed by atoms with E-state index in [4.69, 9.17) is 0 Å². The van der Waals surface area contributed by atoms with Crippen molar-refractivity contribution in [1.29, 1.82) is 0 Å². The van der Waals surface area contributed by atoms with Gasteiger partial charge in [0.2, 0.25) is 21.8 Å². The van der Waals surface area contributed by atoms with Gasteiger partial charge in [0.1, 0.15) is 0 Å². The summed E-state index contributed by atoms with van der Waals surface area (Å²) >= 11 is 1.35. The molecule has 1 unspecified atom stereocenters. The monoisotopic (exact) mass is 460 g/mol. The Hall–Kier alpha value is -2.40. The fraction of sp³-hybridized carbons (Fsp3) is 0.333. The van der Waals surface area contributed by atoms with Crippen molar-refractivity contribution in [3.8, 4) is 0 Å². The van der Waals surface area contributed by atoms with Crippen molar-refractivity contribution < 1.29 is 18.0 Å². The second-order valence-electron chi connectivity index (χ2n) is 7.58. The zero-order valence-corrected chi connectivity index (χ0v) is 18.7. The van der Waals surface area contributed by atoms with Gasteiger partial charge in [0, 0.05) is 43.2 Å². The SMILES string of the molecule is CN1CCN(S(=O)(=O)c2cccc(NC(=O)CC3Sc4ccccc4NC3=O)c2)CC1. The molecule has 2 aliphatic heterocycles. The van der Waals surface area contributed by atoms with Crippen molar-refractivity contribution in [2.24, 2.45) is 0 Å². The molecule has 0 aromatic heterocycles. The minimum absolute atomic E-state index is 0.0136. The lowest BCUT2D eigenvalue weighted by Crippen LogP contribution is -2.47. The Bertz CT molecular complexity index is 1100. The summed E-state index contributed by atoms with van der Waals surface area (Å²) in [5.41, 5.74) is 1.14. The summed E-state index contributed by atoms with van der Waals surface area (Å²) in [6.07, 6.45) is -0.0136. The number of sulfonamides is 1. The van der Waals surface area contributed by atoms with Gasteiger partial charge in [0.15, 0.2) is 0 Å². The highest BCUT2D eigenvalue weighted by atomic mass is 32.2. The van der Waals surface area contributed by atoms with Gasteiger partial charge in [-0.15, -0.1) is 11.8 Å². The summed E-state index contributed by atoms with van der Waals surface area (Å²) in [4.78, 5) is 28.0. The quantitative estimate of drug-likeness (QED) is 0.709. The average molecular weight is 461 g/mol. The molecule has 2 aromatic carbocycles. The topological polar surface area (TPSA) is 98.8 Å². The summed E-state index contributed by atoms with van der Waals surface area (Å²) in [7, 11) is -1.66. The number of piperazine rings is 1. The highest BCUT2D eigenvalue weighted by molar-refractivity contribution is 8.01. The van der Waals surface area contributed by atoms with Gasteiger partial charge < -0.3 is 15.5 Å². The molecule has 1 saturated heterocycles. The van der Waals surface area contributed by atoms with E-state index in [0.717, 1.165) is 10.6 Å². The second kappa shape index (κ2) is 8.99. The van der Waals surface area contributed by atoms with E-state index < -0.39 is 15.3 Å². The van der Waals surface area contributed by atoms with Crippen LogP contribution in [0.4, 0.5) is 11.4 Å². The van der Waals surface area contributed by atoms with E-state index in [1.807, 2.05) is 31.3 Å². The molecule has 10 heteroatoms. The van der Waals surface area contributed by atoms with Crippen molar-refractivity contribution in [2.75, 3.05) is 43.9 Å². The van der Waals surface area contributed by atoms with Gasteiger partial charge in [0.05, 0.1) is 15.8 Å². The predicted molar refractivity (Wildman–Crippen MR) is 121 cm³/mol. The molecular formula is C21H24N4O4S2. The Morgan fingerprint density at radius 1 is 1.13 bits per heavy atom. The van der Waals surface area contributed by atoms with Crippen LogP contribution in [0.2, 0.25) is 0 Å². The molecule has 2 aliphatic rings. The van der Waals surface area contributed by atoms with Gasteiger partial charge in [-0.1, -0.05) is 18.2 Å². The summed E-state index contributed by atoms with van der Waals surface area (Å²) in [6, 6.07) is 13.7. The fourth-order valence-electron chi connectivity index (χ4n) is 3.52. The number of anilines is 2. The van der Waals surface area contributed by atoms with E-state index in [0.29, 0.717) is 31.9 Å². The lowest BCUT2D eigenvalue weighted by molar-refractivity contribution is -0.120. The molecule has 2 heterocycles. The van der Waals surface area contributed by atoms with Gasteiger partial charge in [-0.3, -0.25) is 9.59 Å².